The van der Waals surface area contributed by atoms with Crippen molar-refractivity contribution in [2.75, 3.05) is 0 Å². The van der Waals surface area contributed by atoms with Crippen LogP contribution in [-0.4, -0.2) is 36.3 Å². The van der Waals surface area contributed by atoms with E-state index in [1.807, 2.05) is 51.2 Å². The molecule has 1 radical (unpaired) electrons. The van der Waals surface area contributed by atoms with Crippen LogP contribution < -0.4 is 9.58 Å². The number of hydrogen-bond acceptors (Lipinski definition) is 4. The Bertz CT molecular complexity index is 3740. The molecule has 4 nitrogen and oxygen atoms in total. The number of aryl methyl sites for hydroxylation is 2. The molecule has 0 bridgehead atoms. The minimum absolute atomic E-state index is 0. The van der Waals surface area contributed by atoms with Crippen molar-refractivity contribution in [1.29, 1.82) is 0 Å². The fourth-order valence-corrected chi connectivity index (χ4v) is 14.9. The van der Waals surface area contributed by atoms with E-state index >= 15 is 0 Å². The molecule has 77 heavy (non-hydrogen) atoms. The Balaban J connectivity index is 0.000000269. The summed E-state index contributed by atoms with van der Waals surface area (Å²) in [5.41, 5.74) is 11.6. The maximum Gasteiger partial charge on any atom is 0.0775 e. The third-order valence-electron chi connectivity index (χ3n) is 15.1. The average molecular weight is 1290 g/mol. The second kappa shape index (κ2) is 23.0. The van der Waals surface area contributed by atoms with E-state index in [0.717, 1.165) is 85.5 Å². The van der Waals surface area contributed by atoms with E-state index in [-0.39, 0.29) is 59.7 Å². The second-order valence-electron chi connectivity index (χ2n) is 27.0. The van der Waals surface area contributed by atoms with Gasteiger partial charge >= 0.3 is 238 Å². The third-order valence-corrected chi connectivity index (χ3v) is 21.4. The molecular weight excluding hydrogens is 1190 g/mol. The SMILES string of the molecule is [2H]C([2H])([2H])c1ccc2c(n1)oc1c(-c3cc(-c4c(C(C)C)cc(C5([2H])CCC(C)(C)CC5)cc4C(C)C)c(C([2H])([2H])[2H])cn3)[c-]c[c]([Ge]([CH3])([CH3])[CH3])c12.[2H]C([2H])(c1cc(-c2[c-]ccc(-c3ccc([Si](C)(C)C)cc3)c2)ncc1C(C)(C)C)C(C)(C)C.[Ir]. The number of pyridine rings is 3. The number of nitrogens with zero attached hydrogens (tertiary/aromatic N) is 3. The topological polar surface area (TPSA) is 51.8 Å². The summed E-state index contributed by atoms with van der Waals surface area (Å²) in [4.78, 5) is 14.0. The van der Waals surface area contributed by atoms with Crippen molar-refractivity contribution in [3.8, 4) is 44.8 Å². The molecule has 0 spiro atoms. The maximum absolute atomic E-state index is 9.66. The first-order chi connectivity index (χ1) is 38.9. The summed E-state index contributed by atoms with van der Waals surface area (Å²) >= 11 is -2.55. The summed E-state index contributed by atoms with van der Waals surface area (Å²) < 4.78 is 84.9. The minimum atomic E-state index is -2.55. The van der Waals surface area contributed by atoms with Crippen molar-refractivity contribution < 1.29 is 36.9 Å². The van der Waals surface area contributed by atoms with Gasteiger partial charge in [0.1, 0.15) is 0 Å². The Morgan fingerprint density at radius 3 is 2.03 bits per heavy atom. The first-order valence-electron chi connectivity index (χ1n) is 32.1. The molecule has 0 N–H and O–H groups in total. The van der Waals surface area contributed by atoms with Gasteiger partial charge in [-0.2, -0.15) is 0 Å². The van der Waals surface area contributed by atoms with Gasteiger partial charge in [-0.15, -0.1) is 35.4 Å². The Hall–Kier alpha value is -4.46. The number of rotatable bonds is 10. The van der Waals surface area contributed by atoms with Crippen LogP contribution in [-0.2, 0) is 31.9 Å². The van der Waals surface area contributed by atoms with Crippen molar-refractivity contribution in [3.63, 3.8) is 0 Å². The average Bonchev–Trinajstić information content (AvgIpc) is 1.36. The van der Waals surface area contributed by atoms with E-state index < -0.39 is 52.7 Å². The Kier molecular flexibility index (Phi) is 14.4. The molecule has 4 aromatic heterocycles. The summed E-state index contributed by atoms with van der Waals surface area (Å²) in [7, 11) is -1.33. The van der Waals surface area contributed by atoms with Gasteiger partial charge in [-0.05, 0) is 70.7 Å². The zero-order valence-corrected chi connectivity index (χ0v) is 54.8. The molecule has 7 heteroatoms. The van der Waals surface area contributed by atoms with Crippen LogP contribution in [0.5, 0.6) is 0 Å². The van der Waals surface area contributed by atoms with Crippen molar-refractivity contribution in [3.05, 3.63) is 149 Å². The van der Waals surface area contributed by atoms with Gasteiger partial charge in [0, 0.05) is 30.4 Å². The van der Waals surface area contributed by atoms with Crippen LogP contribution in [0.2, 0.25) is 36.9 Å². The van der Waals surface area contributed by atoms with Crippen LogP contribution in [0.3, 0.4) is 0 Å². The van der Waals surface area contributed by atoms with Crippen molar-refractivity contribution >= 4 is 53.0 Å². The van der Waals surface area contributed by atoms with E-state index in [4.69, 9.17) is 25.4 Å². The first-order valence-corrected chi connectivity index (χ1v) is 38.4. The molecule has 0 amide bonds. The van der Waals surface area contributed by atoms with Crippen LogP contribution in [0.1, 0.15) is 178 Å². The van der Waals surface area contributed by atoms with E-state index in [9.17, 15) is 1.37 Å². The zero-order valence-electron chi connectivity index (χ0n) is 58.3. The summed E-state index contributed by atoms with van der Waals surface area (Å²) in [6.45, 7) is 27.6. The summed E-state index contributed by atoms with van der Waals surface area (Å²) in [5, 5.41) is 3.07. The van der Waals surface area contributed by atoms with Crippen LogP contribution in [0.25, 0.3) is 66.8 Å². The third kappa shape index (κ3) is 13.8. The van der Waals surface area contributed by atoms with Gasteiger partial charge in [-0.25, -0.2) is 0 Å². The van der Waals surface area contributed by atoms with Crippen molar-refractivity contribution in [2.45, 2.75) is 189 Å². The normalized spacial score (nSPS) is 17.2. The van der Waals surface area contributed by atoms with Crippen LogP contribution in [0.4, 0.5) is 0 Å². The zero-order chi connectivity index (χ0) is 63.2. The maximum atomic E-state index is 9.66. The van der Waals surface area contributed by atoms with Crippen LogP contribution >= 0.6 is 0 Å². The predicted octanol–water partition coefficient (Wildman–Crippen LogP) is 19.2. The summed E-state index contributed by atoms with van der Waals surface area (Å²) in [6, 6.07) is 35.3. The van der Waals surface area contributed by atoms with Gasteiger partial charge in [0.05, 0.1) is 8.07 Å². The Morgan fingerprint density at radius 1 is 0.805 bits per heavy atom. The summed E-state index contributed by atoms with van der Waals surface area (Å²) in [6.07, 6.45) is 5.37. The monoisotopic (exact) mass is 1290 g/mol. The van der Waals surface area contributed by atoms with Gasteiger partial charge < -0.3 is 4.98 Å². The minimum Gasteiger partial charge on any atom is -0.304 e. The van der Waals surface area contributed by atoms with Gasteiger partial charge in [0.25, 0.3) is 0 Å². The Morgan fingerprint density at radius 2 is 1.45 bits per heavy atom. The molecule has 9 rings (SSSR count). The van der Waals surface area contributed by atoms with Gasteiger partial charge in [0.2, 0.25) is 0 Å². The molecule has 1 saturated carbocycles. The largest absolute Gasteiger partial charge is 0.304 e. The van der Waals surface area contributed by atoms with Crippen LogP contribution in [0, 0.1) is 36.7 Å². The second-order valence-corrected chi connectivity index (χ2v) is 42.6. The molecule has 4 heterocycles. The molecule has 0 saturated heterocycles. The predicted molar refractivity (Wildman–Crippen MR) is 333 cm³/mol. The van der Waals surface area contributed by atoms with E-state index in [2.05, 4.69) is 165 Å². The number of furan rings is 1. The van der Waals surface area contributed by atoms with Gasteiger partial charge in [-0.3, -0.25) is 0 Å². The van der Waals surface area contributed by atoms with E-state index in [1.165, 1.54) is 16.9 Å². The molecule has 1 aliphatic rings. The fourth-order valence-electron chi connectivity index (χ4n) is 10.6. The standard InChI is InChI=1S/C41H51GeN2O.C29H38NSi.Ir/c1-24(2)32-20-29(28-16-18-41(7,8)19-17-28)21-33(25(3)4)37(32)34-22-36(43-23-26(34)5)30-14-15-35(42(9,10)11)38-31-13-12-27(6)44-40(31)45-39(30)38;1-28(2,3)19-24-18-27(30-20-26(24)29(4,5)6)23-12-10-11-22(17-23)21-13-15-25(16-14-21)31(7,8)9;/h12-13,15,20-25,28H,16-19H2,1-11H3;10-11,13-18,20H,19H2,1-9H3;/q2*-1;/i5D3,6D3,28D;19D2;. The smallest absolute Gasteiger partial charge is 0.0775 e. The molecule has 4 aromatic carbocycles. The molecule has 1 aliphatic carbocycles. The van der Waals surface area contributed by atoms with Crippen molar-refractivity contribution in [2.24, 2.45) is 10.8 Å². The molecule has 0 aliphatic heterocycles. The molecular formula is C70H89GeIrN3OSi-2. The molecule has 8 aromatic rings. The van der Waals surface area contributed by atoms with Crippen molar-refractivity contribution in [1.82, 2.24) is 15.0 Å². The van der Waals surface area contributed by atoms with Gasteiger partial charge in [0.15, 0.2) is 0 Å². The quantitative estimate of drug-likeness (QED) is 0.101. The molecule has 0 unspecified atom stereocenters. The number of aromatic nitrogens is 3. The Labute approximate surface area is 494 Å². The molecule has 409 valence electrons. The van der Waals surface area contributed by atoms with Gasteiger partial charge in [-0.1, -0.05) is 111 Å². The number of hydrogen-bond donors (Lipinski definition) is 0. The first kappa shape index (κ1) is 48.4. The molecule has 1 fully saturated rings. The van der Waals surface area contributed by atoms with E-state index in [0.29, 0.717) is 28.0 Å². The summed E-state index contributed by atoms with van der Waals surface area (Å²) in [5.74, 6) is 6.27. The molecule has 0 atom stereocenters. The number of benzene rings is 4. The van der Waals surface area contributed by atoms with Crippen LogP contribution in [0.15, 0.2) is 102 Å². The van der Waals surface area contributed by atoms with E-state index in [1.54, 1.807) is 12.1 Å². The fraction of sp³-hybridized carbons (Fsp3) is 0.443. The number of fused-ring (bicyclic) bond motifs is 3.